The first-order chi connectivity index (χ1) is 9.06. The SMILES string of the molecule is Nc1ccc2c(=O)c3ccc([N+](=O)[O-])cc3sc2c1. The van der Waals surface area contributed by atoms with Crippen molar-refractivity contribution < 1.29 is 4.92 Å². The third kappa shape index (κ3) is 1.82. The smallest absolute Gasteiger partial charge is 0.270 e. The second kappa shape index (κ2) is 4.03. The number of nitrogens with zero attached hydrogens (tertiary/aromatic N) is 1. The summed E-state index contributed by atoms with van der Waals surface area (Å²) in [5.74, 6) is 0. The predicted octanol–water partition coefficient (Wildman–Crippen LogP) is 2.91. The molecule has 19 heavy (non-hydrogen) atoms. The molecule has 0 amide bonds. The van der Waals surface area contributed by atoms with Gasteiger partial charge in [-0.3, -0.25) is 14.9 Å². The summed E-state index contributed by atoms with van der Waals surface area (Å²) in [5.41, 5.74) is 6.11. The monoisotopic (exact) mass is 272 g/mol. The van der Waals surface area contributed by atoms with Crippen molar-refractivity contribution in [3.05, 3.63) is 56.7 Å². The zero-order chi connectivity index (χ0) is 13.6. The summed E-state index contributed by atoms with van der Waals surface area (Å²) in [7, 11) is 0. The van der Waals surface area contributed by atoms with Crippen molar-refractivity contribution in [2.75, 3.05) is 5.73 Å². The second-order valence-corrected chi connectivity index (χ2v) is 5.21. The summed E-state index contributed by atoms with van der Waals surface area (Å²) in [6.45, 7) is 0. The normalized spacial score (nSPS) is 10.9. The lowest BCUT2D eigenvalue weighted by Crippen LogP contribution is -2.01. The highest BCUT2D eigenvalue weighted by Gasteiger charge is 2.11. The van der Waals surface area contributed by atoms with Gasteiger partial charge >= 0.3 is 0 Å². The fraction of sp³-hybridized carbons (Fsp3) is 0. The molecule has 6 heteroatoms. The standard InChI is InChI=1S/C13H8N2O3S/c14-7-1-3-9-11(5-7)19-12-6-8(15(17)18)2-4-10(12)13(9)16/h1-6H,14H2. The van der Waals surface area contributed by atoms with E-state index in [1.165, 1.54) is 29.5 Å². The van der Waals surface area contributed by atoms with Crippen LogP contribution in [0.5, 0.6) is 0 Å². The van der Waals surface area contributed by atoms with Crippen LogP contribution in [0.4, 0.5) is 11.4 Å². The number of benzene rings is 2. The van der Waals surface area contributed by atoms with E-state index >= 15 is 0 Å². The van der Waals surface area contributed by atoms with E-state index in [1.54, 1.807) is 18.2 Å². The van der Waals surface area contributed by atoms with Crippen molar-refractivity contribution in [2.24, 2.45) is 0 Å². The van der Waals surface area contributed by atoms with Gasteiger partial charge in [0.1, 0.15) is 0 Å². The number of non-ortho nitro benzene ring substituents is 1. The van der Waals surface area contributed by atoms with Gasteiger partial charge in [-0.2, -0.15) is 0 Å². The van der Waals surface area contributed by atoms with Crippen LogP contribution in [0.1, 0.15) is 0 Å². The van der Waals surface area contributed by atoms with Crippen molar-refractivity contribution in [1.29, 1.82) is 0 Å². The molecule has 0 atom stereocenters. The average Bonchev–Trinajstić information content (AvgIpc) is 2.37. The number of nitrogen functional groups attached to an aromatic ring is 1. The summed E-state index contributed by atoms with van der Waals surface area (Å²) in [6, 6.07) is 9.34. The van der Waals surface area contributed by atoms with Gasteiger partial charge in [-0.15, -0.1) is 11.3 Å². The minimum atomic E-state index is -0.472. The molecule has 0 radical (unpaired) electrons. The summed E-state index contributed by atoms with van der Waals surface area (Å²) in [4.78, 5) is 22.6. The predicted molar refractivity (Wildman–Crippen MR) is 76.7 cm³/mol. The Kier molecular flexibility index (Phi) is 2.46. The van der Waals surface area contributed by atoms with Crippen LogP contribution < -0.4 is 11.2 Å². The molecule has 0 aliphatic heterocycles. The van der Waals surface area contributed by atoms with Crippen molar-refractivity contribution in [3.8, 4) is 0 Å². The molecule has 0 aliphatic carbocycles. The highest BCUT2D eigenvalue weighted by molar-refractivity contribution is 7.24. The van der Waals surface area contributed by atoms with Gasteiger partial charge in [0.15, 0.2) is 5.43 Å². The zero-order valence-electron chi connectivity index (χ0n) is 9.62. The molecule has 0 aliphatic rings. The van der Waals surface area contributed by atoms with E-state index in [2.05, 4.69) is 0 Å². The molecular formula is C13H8N2O3S. The zero-order valence-corrected chi connectivity index (χ0v) is 10.4. The highest BCUT2D eigenvalue weighted by atomic mass is 32.1. The third-order valence-corrected chi connectivity index (χ3v) is 4.01. The molecule has 0 saturated heterocycles. The third-order valence-electron chi connectivity index (χ3n) is 2.89. The molecule has 5 nitrogen and oxygen atoms in total. The number of nitro groups is 1. The van der Waals surface area contributed by atoms with E-state index in [-0.39, 0.29) is 11.1 Å². The Morgan fingerprint density at radius 1 is 1.05 bits per heavy atom. The first-order valence-electron chi connectivity index (χ1n) is 5.47. The summed E-state index contributed by atoms with van der Waals surface area (Å²) >= 11 is 1.33. The number of nitro benzene ring substituents is 1. The Bertz CT molecular complexity index is 886. The molecule has 1 aromatic heterocycles. The number of fused-ring (bicyclic) bond motifs is 2. The van der Waals surface area contributed by atoms with Crippen molar-refractivity contribution in [1.82, 2.24) is 0 Å². The lowest BCUT2D eigenvalue weighted by Gasteiger charge is -2.01. The number of nitrogens with two attached hydrogens (primary N) is 1. The van der Waals surface area contributed by atoms with Gasteiger partial charge in [-0.05, 0) is 24.3 Å². The molecule has 2 aromatic carbocycles. The maximum Gasteiger partial charge on any atom is 0.270 e. The number of rotatable bonds is 1. The van der Waals surface area contributed by atoms with E-state index < -0.39 is 4.92 Å². The Morgan fingerprint density at radius 2 is 1.68 bits per heavy atom. The minimum Gasteiger partial charge on any atom is -0.399 e. The van der Waals surface area contributed by atoms with Crippen LogP contribution in [-0.2, 0) is 0 Å². The van der Waals surface area contributed by atoms with Crippen LogP contribution >= 0.6 is 11.3 Å². The molecule has 3 aromatic rings. The van der Waals surface area contributed by atoms with E-state index in [1.807, 2.05) is 0 Å². The van der Waals surface area contributed by atoms with Crippen LogP contribution in [0.3, 0.4) is 0 Å². The molecule has 0 bridgehead atoms. The van der Waals surface area contributed by atoms with E-state index in [4.69, 9.17) is 5.73 Å². The second-order valence-electron chi connectivity index (χ2n) is 4.12. The van der Waals surface area contributed by atoms with Crippen LogP contribution in [0.25, 0.3) is 20.2 Å². The molecule has 0 spiro atoms. The number of anilines is 1. The molecule has 2 N–H and O–H groups in total. The minimum absolute atomic E-state index is 0.0218. The van der Waals surface area contributed by atoms with Crippen LogP contribution in [-0.4, -0.2) is 4.92 Å². The Morgan fingerprint density at radius 3 is 2.37 bits per heavy atom. The quantitative estimate of drug-likeness (QED) is 0.319. The highest BCUT2D eigenvalue weighted by Crippen LogP contribution is 2.28. The molecule has 0 unspecified atom stereocenters. The molecule has 1 heterocycles. The summed E-state index contributed by atoms with van der Waals surface area (Å²) in [6.07, 6.45) is 0. The maximum atomic E-state index is 12.3. The average molecular weight is 272 g/mol. The van der Waals surface area contributed by atoms with E-state index in [9.17, 15) is 14.9 Å². The van der Waals surface area contributed by atoms with Gasteiger partial charge in [0, 0.05) is 38.0 Å². The first kappa shape index (κ1) is 11.6. The van der Waals surface area contributed by atoms with Gasteiger partial charge in [0.2, 0.25) is 0 Å². The fourth-order valence-electron chi connectivity index (χ4n) is 1.97. The molecule has 0 saturated carbocycles. The van der Waals surface area contributed by atoms with Gasteiger partial charge in [0.05, 0.1) is 4.92 Å². The van der Waals surface area contributed by atoms with Crippen molar-refractivity contribution >= 4 is 42.9 Å². The number of hydrogen-bond acceptors (Lipinski definition) is 5. The Balaban J connectivity index is 2.46. The van der Waals surface area contributed by atoms with Gasteiger partial charge in [0.25, 0.3) is 5.69 Å². The van der Waals surface area contributed by atoms with Crippen molar-refractivity contribution in [2.45, 2.75) is 0 Å². The first-order valence-corrected chi connectivity index (χ1v) is 6.28. The molecular weight excluding hydrogens is 264 g/mol. The van der Waals surface area contributed by atoms with Crippen LogP contribution in [0, 0.1) is 10.1 Å². The number of hydrogen-bond donors (Lipinski definition) is 1. The molecule has 94 valence electrons. The molecule has 3 rings (SSSR count). The summed E-state index contributed by atoms with van der Waals surface area (Å²) < 4.78 is 1.33. The lowest BCUT2D eigenvalue weighted by atomic mass is 10.1. The van der Waals surface area contributed by atoms with E-state index in [0.29, 0.717) is 21.2 Å². The van der Waals surface area contributed by atoms with Crippen LogP contribution in [0.15, 0.2) is 41.2 Å². The largest absolute Gasteiger partial charge is 0.399 e. The van der Waals surface area contributed by atoms with Gasteiger partial charge in [-0.25, -0.2) is 0 Å². The Labute approximate surface area is 111 Å². The maximum absolute atomic E-state index is 12.3. The summed E-state index contributed by atoms with van der Waals surface area (Å²) in [5, 5.41) is 11.8. The Hall–Kier alpha value is -2.47. The lowest BCUT2D eigenvalue weighted by molar-refractivity contribution is -0.384. The van der Waals surface area contributed by atoms with Crippen LogP contribution in [0.2, 0.25) is 0 Å². The van der Waals surface area contributed by atoms with Crippen molar-refractivity contribution in [3.63, 3.8) is 0 Å². The topological polar surface area (TPSA) is 86.2 Å². The van der Waals surface area contributed by atoms with Gasteiger partial charge < -0.3 is 5.73 Å². The van der Waals surface area contributed by atoms with E-state index in [0.717, 1.165) is 4.70 Å². The fourth-order valence-corrected chi connectivity index (χ4v) is 3.12. The van der Waals surface area contributed by atoms with Gasteiger partial charge in [-0.1, -0.05) is 0 Å². The molecule has 0 fully saturated rings.